The minimum Gasteiger partial charge on any atom is -0.690 e. The molecule has 0 aliphatic rings. The summed E-state index contributed by atoms with van der Waals surface area (Å²) in [5.74, 6) is 0. The van der Waals surface area contributed by atoms with Gasteiger partial charge in [0.2, 0.25) is 0 Å². The number of hydrogen-bond acceptors (Lipinski definition) is 0. The number of rotatable bonds is 32. The third-order valence-corrected chi connectivity index (χ3v) is 14.0. The molecule has 0 atom stereocenters. The molecule has 0 N–H and O–H groups in total. The molecule has 0 aliphatic heterocycles. The first-order valence-corrected chi connectivity index (χ1v) is 22.0. The molecular weight excluding hydrogens is 724 g/mol. The molecule has 0 aliphatic carbocycles. The van der Waals surface area contributed by atoms with Crippen LogP contribution >= 0.6 is 0 Å². The molecule has 0 heterocycles. The Bertz CT molecular complexity index is 1080. The van der Waals surface area contributed by atoms with Crippen LogP contribution in [-0.2, 0) is 0 Å². The maximum Gasteiger partial charge on any atom is 0 e. The first-order chi connectivity index (χ1) is 30.5. The van der Waals surface area contributed by atoms with Gasteiger partial charge in [0.15, 0.2) is 0 Å². The molecule has 0 saturated heterocycles. The van der Waals surface area contributed by atoms with Crippen molar-refractivity contribution < 1.29 is 0 Å². The van der Waals surface area contributed by atoms with Crippen molar-refractivity contribution in [2.75, 3.05) is 0 Å². The molecule has 0 bridgehead atoms. The minimum absolute atomic E-state index is 1.08. The van der Waals surface area contributed by atoms with Crippen LogP contribution in [0.15, 0.2) is 0 Å². The van der Waals surface area contributed by atoms with Crippen molar-refractivity contribution in [3.8, 4) is 0 Å². The Morgan fingerprint density at radius 2 is 0.239 bits per heavy atom. The molecular formula is B67-. The van der Waals surface area contributed by atoms with Gasteiger partial charge in [-0.25, -0.2) is 0 Å². The van der Waals surface area contributed by atoms with Gasteiger partial charge in [-0.3, -0.25) is 7.06 Å². The Morgan fingerprint density at radius 3 is 0.343 bits per heavy atom. The molecule has 0 unspecified atom stereocenters. The van der Waals surface area contributed by atoms with Gasteiger partial charge in [-0.2, -0.15) is 0 Å². The fourth-order valence-electron chi connectivity index (χ4n) is 11.7. The molecule has 67 heteroatoms. The lowest BCUT2D eigenvalue weighted by Crippen LogP contribution is -2.98. The van der Waals surface area contributed by atoms with E-state index in [1.54, 1.807) is 0 Å². The van der Waals surface area contributed by atoms with Crippen LogP contribution in [0.1, 0.15) is 0 Å². The van der Waals surface area contributed by atoms with Crippen molar-refractivity contribution in [2.24, 2.45) is 0 Å². The second kappa shape index (κ2) is 32.9. The van der Waals surface area contributed by atoms with Gasteiger partial charge < -0.3 is 7.74 Å². The lowest BCUT2D eigenvalue weighted by atomic mass is 8.22. The Balaban J connectivity index is 11.4. The van der Waals surface area contributed by atoms with E-state index >= 15 is 0 Å². The van der Waals surface area contributed by atoms with Crippen LogP contribution in [0.3, 0.4) is 0 Å². The zero-order chi connectivity index (χ0) is 53.2. The van der Waals surface area contributed by atoms with Crippen molar-refractivity contribution >= 4 is 474 Å². The van der Waals surface area contributed by atoms with Crippen LogP contribution in [0.2, 0.25) is 0 Å². The van der Waals surface area contributed by atoms with Crippen molar-refractivity contribution in [1.82, 2.24) is 0 Å². The normalized spacial score (nSPS) is 9.75. The van der Waals surface area contributed by atoms with Gasteiger partial charge in [0.1, 0.15) is 0 Å². The van der Waals surface area contributed by atoms with Gasteiger partial charge in [0.25, 0.3) is 0 Å². The first kappa shape index (κ1) is 71.4. The van der Waals surface area contributed by atoms with Crippen molar-refractivity contribution in [1.29, 1.82) is 0 Å². The highest BCUT2D eigenvalue weighted by Gasteiger charge is 2.63. The van der Waals surface area contributed by atoms with Crippen molar-refractivity contribution in [3.05, 3.63) is 0 Å². The summed E-state index contributed by atoms with van der Waals surface area (Å²) in [5, 5.41) is 0. The molecule has 67 heavy (non-hydrogen) atoms. The maximum absolute atomic E-state index is 7.06. The van der Waals surface area contributed by atoms with E-state index in [1.807, 2.05) is 0 Å². The van der Waals surface area contributed by atoms with E-state index in [4.69, 9.17) is 263 Å². The summed E-state index contributed by atoms with van der Waals surface area (Å²) in [6, 6.07) is 0. The molecule has 0 fully saturated rings. The first-order valence-electron chi connectivity index (χ1n) is 22.0. The highest BCUT2D eigenvalue weighted by atomic mass is 13.4. The quantitative estimate of drug-likeness (QED) is 0.0606. The lowest BCUT2D eigenvalue weighted by molar-refractivity contribution is 3.16. The second-order valence-corrected chi connectivity index (χ2v) is 18.7. The molecule has 0 nitrogen and oxygen atoms in total. The van der Waals surface area contributed by atoms with E-state index in [0.717, 1.165) is 7.06 Å². The van der Waals surface area contributed by atoms with Crippen molar-refractivity contribution in [2.45, 2.75) is 0 Å². The van der Waals surface area contributed by atoms with Crippen LogP contribution in [-0.4, -0.2) is 474 Å². The summed E-state index contributed by atoms with van der Waals surface area (Å²) in [5.41, 5.74) is 0. The molecule has 0 aromatic heterocycles. The van der Waals surface area contributed by atoms with Crippen LogP contribution in [0.5, 0.6) is 0 Å². The standard InChI is InChI=1S/B67/c1-35-52(34)61(53(36(2)3)37(4)5)65(60(50(30)31)51(32)33)67(64(58(46(22)23)47(24)25)59(48(26)27)49(28)29)66(62(54(38(6)7)39(8)9)55(40(10)11)41(12)13)63(56(42(14)15)43(16)17)57(44(18)19)45(20)21/q-1. The summed E-state index contributed by atoms with van der Waals surface area (Å²) >= 11 is 0. The summed E-state index contributed by atoms with van der Waals surface area (Å²) in [4.78, 5) is 0. The minimum atomic E-state index is -1.64. The van der Waals surface area contributed by atoms with E-state index in [-0.39, 0.29) is 0 Å². The van der Waals surface area contributed by atoms with Gasteiger partial charge >= 0.3 is 0 Å². The number of hydrogen-bond donors (Lipinski definition) is 0. The SMILES string of the molecule is [B]B([B])B(B([B])[B])B(B([B])[B][B-])B(B(B([B])[B])B([B])[B])B(B(B(B([B])[B])B([B])[B])B(B([B])[B])B([B])[B])B(B(B(B([B])[B])B([B])[B])B(B([B])[B])B([B])[B])B(B(B([B])[B])B([B])[B])B(B([B])[B])B([B])[B]. The molecule has 0 saturated carbocycles. The third-order valence-electron chi connectivity index (χ3n) is 14.0. The van der Waals surface area contributed by atoms with Crippen LogP contribution < -0.4 is 0 Å². The van der Waals surface area contributed by atoms with Gasteiger partial charge in [-0.15, -0.1) is 0 Å². The Hall–Kier alpha value is 4.35. The molecule has 0 spiro atoms. The van der Waals surface area contributed by atoms with E-state index in [0.29, 0.717) is 0 Å². The summed E-state index contributed by atoms with van der Waals surface area (Å²) in [6.45, 7) is 0. The fraction of sp³-hybridized carbons (Fsp3) is 0. The third kappa shape index (κ3) is 19.3. The Kier molecular flexibility index (Phi) is 35.1. The maximum atomic E-state index is 7.06. The van der Waals surface area contributed by atoms with E-state index in [2.05, 4.69) is 0 Å². The molecule has 0 aromatic rings. The summed E-state index contributed by atoms with van der Waals surface area (Å²) in [6.07, 6.45) is -48.0. The van der Waals surface area contributed by atoms with Crippen LogP contribution in [0, 0.1) is 0 Å². The topological polar surface area (TPSA) is 0 Å². The molecule has 0 amide bonds. The molecule has 0 aromatic carbocycles. The summed E-state index contributed by atoms with van der Waals surface area (Å²) < 4.78 is 0. The predicted molar refractivity (Wildman–Crippen MR) is 386 cm³/mol. The monoisotopic (exact) mass is 738 g/mol. The average molecular weight is 724 g/mol. The van der Waals surface area contributed by atoms with E-state index < -0.39 is 204 Å². The smallest absolute Gasteiger partial charge is 0 e. The van der Waals surface area contributed by atoms with Crippen LogP contribution in [0.25, 0.3) is 0 Å². The molecule has 202 valence electrons. The zero-order valence-electron chi connectivity index (χ0n) is 38.7. The zero-order valence-corrected chi connectivity index (χ0v) is 38.7. The van der Waals surface area contributed by atoms with Gasteiger partial charge in [0.05, 0.1) is 0 Å². The lowest BCUT2D eigenvalue weighted by Gasteiger charge is -2.60. The molecule has 70 radical (unpaired) electrons. The fourth-order valence-corrected chi connectivity index (χ4v) is 11.7. The Morgan fingerprint density at radius 1 is 0.149 bits per heavy atom. The average Bonchev–Trinajstić information content (AvgIpc) is 3.11. The highest BCUT2D eigenvalue weighted by Crippen LogP contribution is 2.25. The van der Waals surface area contributed by atoms with Crippen LogP contribution in [0.4, 0.5) is 0 Å². The van der Waals surface area contributed by atoms with E-state index in [9.17, 15) is 0 Å². The van der Waals surface area contributed by atoms with E-state index in [1.165, 1.54) is 0 Å². The summed E-state index contributed by atoms with van der Waals surface area (Å²) in [7, 11) is 229. The predicted octanol–water partition coefficient (Wildman–Crippen LogP) is -25.5. The second-order valence-electron chi connectivity index (χ2n) is 18.7. The highest BCUT2D eigenvalue weighted by molar-refractivity contribution is 8.39. The van der Waals surface area contributed by atoms with Gasteiger partial charge in [-0.05, 0) is 336 Å². The largest absolute Gasteiger partial charge is 0.690 e. The van der Waals surface area contributed by atoms with Gasteiger partial charge in [-0.1, -0.05) is 0 Å². The van der Waals surface area contributed by atoms with Gasteiger partial charge in [0, 0.05) is 124 Å². The molecule has 0 rings (SSSR count). The Labute approximate surface area is 470 Å². The van der Waals surface area contributed by atoms with Crippen molar-refractivity contribution in [3.63, 3.8) is 0 Å².